The molecule has 0 aromatic carbocycles. The lowest BCUT2D eigenvalue weighted by atomic mass is 10.1. The number of thioether (sulfide) groups is 2. The summed E-state index contributed by atoms with van der Waals surface area (Å²) in [5.74, 6) is 0. The maximum absolute atomic E-state index is 4.52. The molecule has 1 N–H and O–H groups in total. The number of rotatable bonds is 2. The van der Waals surface area contributed by atoms with E-state index in [1.165, 1.54) is 11.3 Å². The fourth-order valence-electron chi connectivity index (χ4n) is 1.56. The average molecular weight is 227 g/mol. The maximum atomic E-state index is 4.52. The van der Waals surface area contributed by atoms with E-state index in [-0.39, 0.29) is 0 Å². The predicted molar refractivity (Wildman–Crippen MR) is 61.0 cm³/mol. The molecule has 0 unspecified atom stereocenters. The summed E-state index contributed by atoms with van der Waals surface area (Å²) in [5, 5.41) is 5.37. The molecule has 0 fully saturated rings. The average Bonchev–Trinajstić information content (AvgIpc) is 2.27. The van der Waals surface area contributed by atoms with Crippen LogP contribution in [0.2, 0.25) is 0 Å². The molecule has 0 saturated heterocycles. The van der Waals surface area contributed by atoms with Gasteiger partial charge in [-0.3, -0.25) is 0 Å². The van der Waals surface area contributed by atoms with Crippen molar-refractivity contribution in [2.75, 3.05) is 19.1 Å². The minimum atomic E-state index is 0.886. The first-order valence-corrected chi connectivity index (χ1v) is 6.98. The molecular weight excluding hydrogens is 214 g/mol. The van der Waals surface area contributed by atoms with Gasteiger partial charge in [0.25, 0.3) is 0 Å². The van der Waals surface area contributed by atoms with Gasteiger partial charge in [0.05, 0.1) is 5.69 Å². The third kappa shape index (κ3) is 1.89. The van der Waals surface area contributed by atoms with Crippen molar-refractivity contribution >= 4 is 23.5 Å². The van der Waals surface area contributed by atoms with Crippen LogP contribution in [0.3, 0.4) is 0 Å². The van der Waals surface area contributed by atoms with E-state index in [1.54, 1.807) is 23.5 Å². The molecular formula is C9H13N3S2. The number of nitrogens with one attached hydrogen (secondary N) is 1. The largest absolute Gasteiger partial charge is 0.311 e. The second-order valence-corrected chi connectivity index (χ2v) is 4.64. The lowest BCUT2D eigenvalue weighted by Gasteiger charge is -2.18. The molecule has 1 aromatic heterocycles. The zero-order valence-corrected chi connectivity index (χ0v) is 9.97. The van der Waals surface area contributed by atoms with Gasteiger partial charge in [-0.15, -0.1) is 11.8 Å². The highest BCUT2D eigenvalue weighted by molar-refractivity contribution is 7.99. The van der Waals surface area contributed by atoms with Crippen LogP contribution >= 0.6 is 23.5 Å². The van der Waals surface area contributed by atoms with Gasteiger partial charge in [0.15, 0.2) is 5.16 Å². The minimum Gasteiger partial charge on any atom is -0.311 e. The number of fused-ring (bicyclic) bond motifs is 1. The van der Waals surface area contributed by atoms with E-state index in [4.69, 9.17) is 0 Å². The SMILES string of the molecule is CSc1nc2c(c(SC)n1)CCNC2. The normalized spacial score (nSPS) is 15.3. The lowest BCUT2D eigenvalue weighted by molar-refractivity contribution is 0.597. The van der Waals surface area contributed by atoms with Gasteiger partial charge >= 0.3 is 0 Å². The molecule has 1 aromatic rings. The molecule has 1 aliphatic heterocycles. The maximum Gasteiger partial charge on any atom is 0.188 e. The van der Waals surface area contributed by atoms with Gasteiger partial charge in [0.1, 0.15) is 5.03 Å². The van der Waals surface area contributed by atoms with Gasteiger partial charge in [-0.2, -0.15) is 0 Å². The highest BCUT2D eigenvalue weighted by Crippen LogP contribution is 2.25. The van der Waals surface area contributed by atoms with Gasteiger partial charge in [0.2, 0.25) is 0 Å². The number of hydrogen-bond acceptors (Lipinski definition) is 5. The molecule has 5 heteroatoms. The Bertz CT molecular complexity index is 324. The molecule has 2 heterocycles. The van der Waals surface area contributed by atoms with Crippen molar-refractivity contribution in [3.63, 3.8) is 0 Å². The molecule has 0 amide bonds. The summed E-state index contributed by atoms with van der Waals surface area (Å²) in [5.41, 5.74) is 2.52. The third-order valence-electron chi connectivity index (χ3n) is 2.25. The molecule has 0 saturated carbocycles. The molecule has 0 bridgehead atoms. The first-order chi connectivity index (χ1) is 6.85. The van der Waals surface area contributed by atoms with E-state index in [9.17, 15) is 0 Å². The van der Waals surface area contributed by atoms with E-state index < -0.39 is 0 Å². The molecule has 2 rings (SSSR count). The highest BCUT2D eigenvalue weighted by atomic mass is 32.2. The first kappa shape index (κ1) is 10.3. The number of nitrogens with zero attached hydrogens (tertiary/aromatic N) is 2. The molecule has 76 valence electrons. The Balaban J connectivity index is 2.47. The van der Waals surface area contributed by atoms with Gasteiger partial charge in [-0.1, -0.05) is 11.8 Å². The van der Waals surface area contributed by atoms with Crippen molar-refractivity contribution in [1.82, 2.24) is 15.3 Å². The van der Waals surface area contributed by atoms with Crippen LogP contribution in [0, 0.1) is 0 Å². The van der Waals surface area contributed by atoms with Crippen molar-refractivity contribution in [3.05, 3.63) is 11.3 Å². The monoisotopic (exact) mass is 227 g/mol. The quantitative estimate of drug-likeness (QED) is 0.471. The van der Waals surface area contributed by atoms with E-state index in [0.717, 1.165) is 29.7 Å². The van der Waals surface area contributed by atoms with Crippen LogP contribution in [0.4, 0.5) is 0 Å². The van der Waals surface area contributed by atoms with Gasteiger partial charge in [-0.25, -0.2) is 9.97 Å². The Morgan fingerprint density at radius 1 is 1.21 bits per heavy atom. The molecule has 3 nitrogen and oxygen atoms in total. The van der Waals surface area contributed by atoms with Crippen molar-refractivity contribution in [2.45, 2.75) is 23.1 Å². The second-order valence-electron chi connectivity index (χ2n) is 3.07. The van der Waals surface area contributed by atoms with E-state index in [0.29, 0.717) is 0 Å². The first-order valence-electron chi connectivity index (χ1n) is 4.53. The molecule has 0 atom stereocenters. The second kappa shape index (κ2) is 4.51. The van der Waals surface area contributed by atoms with Crippen molar-refractivity contribution < 1.29 is 0 Å². The summed E-state index contributed by atoms with van der Waals surface area (Å²) in [6.07, 6.45) is 5.15. The fourth-order valence-corrected chi connectivity index (χ4v) is 2.65. The minimum absolute atomic E-state index is 0.886. The van der Waals surface area contributed by atoms with Crippen molar-refractivity contribution in [2.24, 2.45) is 0 Å². The topological polar surface area (TPSA) is 37.8 Å². The summed E-state index contributed by atoms with van der Waals surface area (Å²) in [6.45, 7) is 1.93. The van der Waals surface area contributed by atoms with E-state index in [2.05, 4.69) is 21.5 Å². The van der Waals surface area contributed by atoms with Gasteiger partial charge < -0.3 is 5.32 Å². The molecule has 14 heavy (non-hydrogen) atoms. The Labute approximate surface area is 92.5 Å². The summed E-state index contributed by atoms with van der Waals surface area (Å²) in [6, 6.07) is 0. The standard InChI is InChI=1S/C9H13N3S2/c1-13-8-6-3-4-10-5-7(6)11-9(12-8)14-2/h10H,3-5H2,1-2H3. The Morgan fingerprint density at radius 3 is 2.79 bits per heavy atom. The smallest absolute Gasteiger partial charge is 0.188 e. The highest BCUT2D eigenvalue weighted by Gasteiger charge is 2.16. The van der Waals surface area contributed by atoms with E-state index in [1.807, 2.05) is 6.26 Å². The van der Waals surface area contributed by atoms with Crippen LogP contribution in [0.15, 0.2) is 10.2 Å². The van der Waals surface area contributed by atoms with Crippen molar-refractivity contribution in [1.29, 1.82) is 0 Å². The summed E-state index contributed by atoms with van der Waals surface area (Å²) >= 11 is 3.33. The zero-order valence-electron chi connectivity index (χ0n) is 8.33. The number of hydrogen-bond donors (Lipinski definition) is 1. The third-order valence-corrected chi connectivity index (χ3v) is 3.53. The zero-order chi connectivity index (χ0) is 9.97. The summed E-state index contributed by atoms with van der Waals surface area (Å²) in [7, 11) is 0. The van der Waals surface area contributed by atoms with Crippen LogP contribution < -0.4 is 5.32 Å². The number of aromatic nitrogens is 2. The van der Waals surface area contributed by atoms with Gasteiger partial charge in [0, 0.05) is 12.1 Å². The molecule has 1 aliphatic rings. The Morgan fingerprint density at radius 2 is 2.07 bits per heavy atom. The fraction of sp³-hybridized carbons (Fsp3) is 0.556. The molecule has 0 spiro atoms. The lowest BCUT2D eigenvalue weighted by Crippen LogP contribution is -2.25. The van der Waals surface area contributed by atoms with Crippen LogP contribution in [0.25, 0.3) is 0 Å². The Hall–Kier alpha value is -0.260. The molecule has 0 radical (unpaired) electrons. The summed E-state index contributed by atoms with van der Waals surface area (Å²) < 4.78 is 0. The van der Waals surface area contributed by atoms with Crippen LogP contribution in [-0.2, 0) is 13.0 Å². The van der Waals surface area contributed by atoms with Crippen LogP contribution in [0.5, 0.6) is 0 Å². The summed E-state index contributed by atoms with van der Waals surface area (Å²) in [4.78, 5) is 9.03. The van der Waals surface area contributed by atoms with Crippen molar-refractivity contribution in [3.8, 4) is 0 Å². The predicted octanol–water partition coefficient (Wildman–Crippen LogP) is 1.57. The van der Waals surface area contributed by atoms with Gasteiger partial charge in [-0.05, 0) is 25.5 Å². The molecule has 0 aliphatic carbocycles. The van der Waals surface area contributed by atoms with E-state index >= 15 is 0 Å². The van der Waals surface area contributed by atoms with Crippen LogP contribution in [-0.4, -0.2) is 29.0 Å². The van der Waals surface area contributed by atoms with Crippen LogP contribution in [0.1, 0.15) is 11.3 Å². The Kier molecular flexibility index (Phi) is 3.30.